The van der Waals surface area contributed by atoms with E-state index >= 15 is 0 Å². The highest BCUT2D eigenvalue weighted by Gasteiger charge is 2.17. The Morgan fingerprint density at radius 1 is 1.07 bits per heavy atom. The minimum atomic E-state index is -0.163. The van der Waals surface area contributed by atoms with Gasteiger partial charge in [-0.15, -0.1) is 0 Å². The van der Waals surface area contributed by atoms with Crippen molar-refractivity contribution in [1.29, 1.82) is 0 Å². The van der Waals surface area contributed by atoms with Gasteiger partial charge in [-0.3, -0.25) is 0 Å². The van der Waals surface area contributed by atoms with Crippen LogP contribution >= 0.6 is 23.2 Å². The minimum absolute atomic E-state index is 0.163. The Kier molecular flexibility index (Phi) is 8.41. The highest BCUT2D eigenvalue weighted by molar-refractivity contribution is 6.36. The maximum atomic E-state index is 12.9. The van der Waals surface area contributed by atoms with Gasteiger partial charge >= 0.3 is 6.03 Å². The number of halogens is 2. The molecule has 0 aromatic heterocycles. The standard InChI is InChI=1S/C23H27Cl2N3O/c24-20-11-12-22(21(25)18-20)26-23(29)28(17-16-27-13-5-2-6-14-27)15-7-10-19-8-3-1-4-9-19/h1,3-4,7-12,18H,2,5-6,13-17H2,(H,26,29)/b10-7+. The molecule has 0 bridgehead atoms. The van der Waals surface area contributed by atoms with Gasteiger partial charge in [0, 0.05) is 24.7 Å². The number of carbonyl (C=O) groups excluding carboxylic acids is 1. The number of rotatable bonds is 7. The molecule has 154 valence electrons. The molecule has 29 heavy (non-hydrogen) atoms. The zero-order valence-electron chi connectivity index (χ0n) is 16.5. The average Bonchev–Trinajstić information content (AvgIpc) is 2.74. The third-order valence-electron chi connectivity index (χ3n) is 5.03. The van der Waals surface area contributed by atoms with E-state index in [2.05, 4.69) is 10.2 Å². The summed E-state index contributed by atoms with van der Waals surface area (Å²) in [6, 6.07) is 15.0. The molecule has 0 saturated carbocycles. The number of carbonyl (C=O) groups is 1. The molecule has 4 nitrogen and oxygen atoms in total. The molecule has 1 fully saturated rings. The molecule has 1 heterocycles. The molecule has 0 unspecified atom stereocenters. The lowest BCUT2D eigenvalue weighted by Gasteiger charge is -2.29. The number of amides is 2. The topological polar surface area (TPSA) is 35.6 Å². The number of likely N-dealkylation sites (tertiary alicyclic amines) is 1. The third-order valence-corrected chi connectivity index (χ3v) is 5.58. The van der Waals surface area contributed by atoms with Crippen molar-refractivity contribution in [3.63, 3.8) is 0 Å². The van der Waals surface area contributed by atoms with E-state index in [9.17, 15) is 4.79 Å². The first kappa shape index (κ1) is 21.7. The summed E-state index contributed by atoms with van der Waals surface area (Å²) in [6.45, 7) is 4.29. The van der Waals surface area contributed by atoms with Crippen LogP contribution in [0.25, 0.3) is 6.08 Å². The maximum absolute atomic E-state index is 12.9. The van der Waals surface area contributed by atoms with E-state index in [4.69, 9.17) is 23.2 Å². The summed E-state index contributed by atoms with van der Waals surface area (Å²) in [7, 11) is 0. The van der Waals surface area contributed by atoms with Crippen molar-refractivity contribution in [2.75, 3.05) is 38.0 Å². The van der Waals surface area contributed by atoms with E-state index < -0.39 is 0 Å². The number of anilines is 1. The summed E-state index contributed by atoms with van der Waals surface area (Å²) < 4.78 is 0. The van der Waals surface area contributed by atoms with Crippen molar-refractivity contribution >= 4 is 41.0 Å². The Morgan fingerprint density at radius 2 is 1.83 bits per heavy atom. The molecular weight excluding hydrogens is 405 g/mol. The second-order valence-corrected chi connectivity index (χ2v) is 8.06. The number of urea groups is 1. The normalized spacial score (nSPS) is 14.8. The van der Waals surface area contributed by atoms with Gasteiger partial charge < -0.3 is 15.1 Å². The van der Waals surface area contributed by atoms with Crippen LogP contribution in [0.3, 0.4) is 0 Å². The van der Waals surface area contributed by atoms with Gasteiger partial charge in [0.1, 0.15) is 0 Å². The lowest BCUT2D eigenvalue weighted by atomic mass is 10.1. The smallest absolute Gasteiger partial charge is 0.320 e. The molecule has 1 aliphatic heterocycles. The molecule has 2 aromatic rings. The molecular formula is C23H27Cl2N3O. The summed E-state index contributed by atoms with van der Waals surface area (Å²) in [4.78, 5) is 17.2. The second kappa shape index (κ2) is 11.2. The predicted molar refractivity (Wildman–Crippen MR) is 123 cm³/mol. The quantitative estimate of drug-likeness (QED) is 0.580. The van der Waals surface area contributed by atoms with Crippen molar-refractivity contribution in [1.82, 2.24) is 9.80 Å². The van der Waals surface area contributed by atoms with Gasteiger partial charge in [-0.1, -0.05) is 72.1 Å². The van der Waals surface area contributed by atoms with Gasteiger partial charge in [-0.25, -0.2) is 4.79 Å². The van der Waals surface area contributed by atoms with Crippen LogP contribution in [0.1, 0.15) is 24.8 Å². The van der Waals surface area contributed by atoms with Crippen molar-refractivity contribution in [3.8, 4) is 0 Å². The predicted octanol–water partition coefficient (Wildman–Crippen LogP) is 6.03. The van der Waals surface area contributed by atoms with Gasteiger partial charge in [-0.2, -0.15) is 0 Å². The van der Waals surface area contributed by atoms with Crippen LogP contribution in [0.15, 0.2) is 54.6 Å². The van der Waals surface area contributed by atoms with Crippen LogP contribution in [0.4, 0.5) is 10.5 Å². The number of hydrogen-bond donors (Lipinski definition) is 1. The van der Waals surface area contributed by atoms with Crippen LogP contribution in [0, 0.1) is 0 Å². The molecule has 6 heteroatoms. The monoisotopic (exact) mass is 431 g/mol. The van der Waals surface area contributed by atoms with Crippen LogP contribution < -0.4 is 5.32 Å². The first-order valence-corrected chi connectivity index (χ1v) is 10.8. The van der Waals surface area contributed by atoms with Crippen molar-refractivity contribution in [3.05, 3.63) is 70.2 Å². The molecule has 0 aliphatic carbocycles. The first-order valence-electron chi connectivity index (χ1n) is 10.1. The molecule has 2 amide bonds. The Morgan fingerprint density at radius 3 is 2.55 bits per heavy atom. The number of benzene rings is 2. The van der Waals surface area contributed by atoms with E-state index in [-0.39, 0.29) is 6.03 Å². The van der Waals surface area contributed by atoms with E-state index in [0.717, 1.165) is 25.2 Å². The summed E-state index contributed by atoms with van der Waals surface area (Å²) in [6.07, 6.45) is 7.83. The fourth-order valence-corrected chi connectivity index (χ4v) is 3.84. The van der Waals surface area contributed by atoms with Crippen LogP contribution in [0.5, 0.6) is 0 Å². The molecule has 1 aliphatic rings. The fourth-order valence-electron chi connectivity index (χ4n) is 3.39. The van der Waals surface area contributed by atoms with Crippen LogP contribution in [0.2, 0.25) is 10.0 Å². The Balaban J connectivity index is 1.64. The van der Waals surface area contributed by atoms with Gasteiger partial charge in [0.05, 0.1) is 10.7 Å². The molecule has 3 rings (SSSR count). The van der Waals surface area contributed by atoms with E-state index in [0.29, 0.717) is 28.8 Å². The van der Waals surface area contributed by atoms with Crippen LogP contribution in [-0.4, -0.2) is 48.6 Å². The Labute approximate surface area is 183 Å². The third kappa shape index (κ3) is 7.07. The number of nitrogens with one attached hydrogen (secondary N) is 1. The molecule has 1 saturated heterocycles. The zero-order valence-corrected chi connectivity index (χ0v) is 18.0. The SMILES string of the molecule is O=C(Nc1ccc(Cl)cc1Cl)N(C/C=C/c1ccccc1)CCN1CCCCC1. The van der Waals surface area contributed by atoms with E-state index in [1.165, 1.54) is 19.3 Å². The van der Waals surface area contributed by atoms with Gasteiger partial charge in [0.25, 0.3) is 0 Å². The summed E-state index contributed by atoms with van der Waals surface area (Å²) in [5.74, 6) is 0. The molecule has 0 spiro atoms. The van der Waals surface area contributed by atoms with Gasteiger partial charge in [0.2, 0.25) is 0 Å². The molecule has 0 radical (unpaired) electrons. The largest absolute Gasteiger partial charge is 0.322 e. The fraction of sp³-hybridized carbons (Fsp3) is 0.348. The second-order valence-electron chi connectivity index (χ2n) is 7.22. The lowest BCUT2D eigenvalue weighted by molar-refractivity contribution is 0.186. The van der Waals surface area contributed by atoms with E-state index in [1.807, 2.05) is 47.4 Å². The number of nitrogens with zero attached hydrogens (tertiary/aromatic N) is 2. The average molecular weight is 432 g/mol. The Bertz CT molecular complexity index is 820. The minimum Gasteiger partial charge on any atom is -0.320 e. The summed E-state index contributed by atoms with van der Waals surface area (Å²) in [5, 5.41) is 3.89. The van der Waals surface area contributed by atoms with Crippen molar-refractivity contribution in [2.45, 2.75) is 19.3 Å². The van der Waals surface area contributed by atoms with E-state index in [1.54, 1.807) is 18.2 Å². The maximum Gasteiger partial charge on any atom is 0.322 e. The highest BCUT2D eigenvalue weighted by atomic mass is 35.5. The molecule has 2 aromatic carbocycles. The van der Waals surface area contributed by atoms with Gasteiger partial charge in [-0.05, 0) is 49.7 Å². The number of piperidine rings is 1. The van der Waals surface area contributed by atoms with Crippen LogP contribution in [-0.2, 0) is 0 Å². The first-order chi connectivity index (χ1) is 14.1. The Hall–Kier alpha value is -2.01. The summed E-state index contributed by atoms with van der Waals surface area (Å²) >= 11 is 12.2. The highest BCUT2D eigenvalue weighted by Crippen LogP contribution is 2.25. The van der Waals surface area contributed by atoms with Crippen molar-refractivity contribution < 1.29 is 4.79 Å². The molecule has 1 N–H and O–H groups in total. The molecule has 0 atom stereocenters. The zero-order chi connectivity index (χ0) is 20.5. The lowest BCUT2D eigenvalue weighted by Crippen LogP contribution is -2.42. The van der Waals surface area contributed by atoms with Gasteiger partial charge in [0.15, 0.2) is 0 Å². The van der Waals surface area contributed by atoms with Crippen molar-refractivity contribution in [2.24, 2.45) is 0 Å². The number of hydrogen-bond acceptors (Lipinski definition) is 2. The summed E-state index contributed by atoms with van der Waals surface area (Å²) in [5.41, 5.74) is 1.68.